The zero-order valence-corrected chi connectivity index (χ0v) is 16.9. The number of halogens is 1. The molecule has 4 rings (SSSR count). The number of carbonyl (C=O) groups excluding carboxylic acids is 1. The van der Waals surface area contributed by atoms with Crippen molar-refractivity contribution in [2.45, 2.75) is 26.9 Å². The maximum absolute atomic E-state index is 13.3. The van der Waals surface area contributed by atoms with Gasteiger partial charge in [0.25, 0.3) is 5.91 Å². The zero-order valence-electron chi connectivity index (χ0n) is 16.9. The van der Waals surface area contributed by atoms with Crippen molar-refractivity contribution >= 4 is 22.6 Å². The number of pyridine rings is 1. The minimum absolute atomic E-state index is 0.318. The van der Waals surface area contributed by atoms with Crippen molar-refractivity contribution in [3.63, 3.8) is 0 Å². The molecule has 30 heavy (non-hydrogen) atoms. The quantitative estimate of drug-likeness (QED) is 0.529. The van der Waals surface area contributed by atoms with Gasteiger partial charge < -0.3 is 10.1 Å². The van der Waals surface area contributed by atoms with Gasteiger partial charge in [-0.25, -0.2) is 9.07 Å². The van der Waals surface area contributed by atoms with Crippen LogP contribution in [0.15, 0.2) is 60.7 Å². The number of ether oxygens (including phenoxy) is 1. The van der Waals surface area contributed by atoms with Gasteiger partial charge in [0.15, 0.2) is 11.8 Å². The van der Waals surface area contributed by atoms with Crippen LogP contribution in [0.25, 0.3) is 16.7 Å². The lowest BCUT2D eigenvalue weighted by atomic mass is 10.1. The number of hydrogen-bond acceptors (Lipinski definition) is 4. The van der Waals surface area contributed by atoms with Crippen molar-refractivity contribution in [2.24, 2.45) is 0 Å². The minimum Gasteiger partial charge on any atom is -0.464 e. The molecule has 0 aliphatic rings. The third-order valence-corrected chi connectivity index (χ3v) is 4.75. The number of rotatable bonds is 5. The summed E-state index contributed by atoms with van der Waals surface area (Å²) >= 11 is 0. The first-order chi connectivity index (χ1) is 14.4. The summed E-state index contributed by atoms with van der Waals surface area (Å²) in [6.07, 6.45) is -0.827. The Morgan fingerprint density at radius 3 is 2.60 bits per heavy atom. The first kappa shape index (κ1) is 19.6. The van der Waals surface area contributed by atoms with Crippen LogP contribution in [-0.4, -0.2) is 26.8 Å². The van der Waals surface area contributed by atoms with E-state index < -0.39 is 17.8 Å². The topological polar surface area (TPSA) is 69.0 Å². The van der Waals surface area contributed by atoms with E-state index in [0.717, 1.165) is 22.3 Å². The number of fused-ring (bicyclic) bond motifs is 1. The predicted octanol–water partition coefficient (Wildman–Crippen LogP) is 4.58. The van der Waals surface area contributed by atoms with Gasteiger partial charge in [0.1, 0.15) is 5.82 Å². The van der Waals surface area contributed by atoms with Gasteiger partial charge in [0.05, 0.1) is 11.4 Å². The van der Waals surface area contributed by atoms with Crippen LogP contribution < -0.4 is 10.1 Å². The summed E-state index contributed by atoms with van der Waals surface area (Å²) in [4.78, 5) is 17.1. The molecular weight excluding hydrogens is 383 g/mol. The Kier molecular flexibility index (Phi) is 5.18. The first-order valence-corrected chi connectivity index (χ1v) is 9.58. The van der Waals surface area contributed by atoms with Crippen molar-refractivity contribution < 1.29 is 13.9 Å². The second-order valence-electron chi connectivity index (χ2n) is 7.07. The number of carbonyl (C=O) groups is 1. The van der Waals surface area contributed by atoms with Gasteiger partial charge in [-0.15, -0.1) is 0 Å². The predicted molar refractivity (Wildman–Crippen MR) is 113 cm³/mol. The van der Waals surface area contributed by atoms with Gasteiger partial charge >= 0.3 is 0 Å². The first-order valence-electron chi connectivity index (χ1n) is 9.58. The number of aromatic nitrogens is 3. The number of nitrogens with one attached hydrogen (secondary N) is 1. The molecule has 0 fully saturated rings. The molecule has 2 heterocycles. The molecule has 1 amide bonds. The summed E-state index contributed by atoms with van der Waals surface area (Å²) in [6, 6.07) is 17.2. The molecule has 2 aromatic heterocycles. The van der Waals surface area contributed by atoms with Gasteiger partial charge in [-0.05, 0) is 56.7 Å². The molecule has 0 aliphatic heterocycles. The number of nitrogens with zero attached hydrogens (tertiary/aromatic N) is 3. The van der Waals surface area contributed by atoms with Gasteiger partial charge in [-0.3, -0.25) is 4.79 Å². The molecule has 0 aliphatic carbocycles. The van der Waals surface area contributed by atoms with E-state index >= 15 is 0 Å². The number of anilines is 1. The Bertz CT molecular complexity index is 1220. The van der Waals surface area contributed by atoms with Crippen molar-refractivity contribution in [3.8, 4) is 11.6 Å². The van der Waals surface area contributed by atoms with Crippen LogP contribution in [0.5, 0.6) is 5.88 Å². The average molecular weight is 404 g/mol. The van der Waals surface area contributed by atoms with E-state index in [1.54, 1.807) is 23.7 Å². The third kappa shape index (κ3) is 3.87. The smallest absolute Gasteiger partial charge is 0.265 e. The van der Waals surface area contributed by atoms with Crippen LogP contribution in [0, 0.1) is 19.7 Å². The summed E-state index contributed by atoms with van der Waals surface area (Å²) in [6.45, 7) is 5.51. The fourth-order valence-corrected chi connectivity index (χ4v) is 3.33. The molecule has 7 heteroatoms. The number of amides is 1. The fraction of sp³-hybridized carbons (Fsp3) is 0.174. The zero-order chi connectivity index (χ0) is 21.3. The van der Waals surface area contributed by atoms with E-state index in [0.29, 0.717) is 17.2 Å². The monoisotopic (exact) mass is 404 g/mol. The largest absolute Gasteiger partial charge is 0.464 e. The molecular formula is C23H21FN4O2. The highest BCUT2D eigenvalue weighted by molar-refractivity contribution is 5.94. The summed E-state index contributed by atoms with van der Waals surface area (Å²) in [5.41, 5.74) is 3.73. The molecule has 0 saturated heterocycles. The van der Waals surface area contributed by atoms with E-state index in [1.807, 2.05) is 44.2 Å². The van der Waals surface area contributed by atoms with Crippen molar-refractivity contribution in [3.05, 3.63) is 77.7 Å². The van der Waals surface area contributed by atoms with Gasteiger partial charge in [0.2, 0.25) is 5.88 Å². The molecule has 1 atom stereocenters. The molecule has 0 bridgehead atoms. The Balaban J connectivity index is 1.62. The molecule has 2 aromatic carbocycles. The van der Waals surface area contributed by atoms with E-state index in [-0.39, 0.29) is 0 Å². The average Bonchev–Trinajstić information content (AvgIpc) is 3.05. The Morgan fingerprint density at radius 1 is 1.10 bits per heavy atom. The molecule has 4 aromatic rings. The number of hydrogen-bond donors (Lipinski definition) is 1. The van der Waals surface area contributed by atoms with Crippen LogP contribution >= 0.6 is 0 Å². The minimum atomic E-state index is -0.827. The fourth-order valence-electron chi connectivity index (χ4n) is 3.33. The molecule has 152 valence electrons. The van der Waals surface area contributed by atoms with Gasteiger partial charge in [0, 0.05) is 17.1 Å². The van der Waals surface area contributed by atoms with Crippen LogP contribution in [0.3, 0.4) is 0 Å². The maximum Gasteiger partial charge on any atom is 0.265 e. The molecule has 0 unspecified atom stereocenters. The summed E-state index contributed by atoms with van der Waals surface area (Å²) in [5.74, 6) is -0.500. The number of benzene rings is 2. The second kappa shape index (κ2) is 7.94. The van der Waals surface area contributed by atoms with Crippen LogP contribution in [0.2, 0.25) is 0 Å². The Hall–Kier alpha value is -3.74. The molecule has 1 N–H and O–H groups in total. The highest BCUT2D eigenvalue weighted by atomic mass is 19.1. The SMILES string of the molecule is Cc1cc(O[C@@H](C)C(=O)Nc2cccc(F)c2)nc2c1c(C)nn2-c1ccccc1. The maximum atomic E-state index is 13.3. The van der Waals surface area contributed by atoms with Crippen LogP contribution in [0.1, 0.15) is 18.2 Å². The number of para-hydroxylation sites is 1. The molecule has 0 saturated carbocycles. The summed E-state index contributed by atoms with van der Waals surface area (Å²) in [7, 11) is 0. The Morgan fingerprint density at radius 2 is 1.87 bits per heavy atom. The van der Waals surface area contributed by atoms with E-state index in [9.17, 15) is 9.18 Å². The summed E-state index contributed by atoms with van der Waals surface area (Å²) in [5, 5.41) is 8.22. The van der Waals surface area contributed by atoms with Gasteiger partial charge in [-0.1, -0.05) is 24.3 Å². The van der Waals surface area contributed by atoms with Gasteiger partial charge in [-0.2, -0.15) is 10.1 Å². The lowest BCUT2D eigenvalue weighted by Gasteiger charge is -2.15. The molecule has 0 spiro atoms. The number of aryl methyl sites for hydroxylation is 2. The van der Waals surface area contributed by atoms with Crippen LogP contribution in [-0.2, 0) is 4.79 Å². The highest BCUT2D eigenvalue weighted by Gasteiger charge is 2.19. The van der Waals surface area contributed by atoms with E-state index in [4.69, 9.17) is 4.74 Å². The van der Waals surface area contributed by atoms with Crippen molar-refractivity contribution in [1.82, 2.24) is 14.8 Å². The summed E-state index contributed by atoms with van der Waals surface area (Å²) < 4.78 is 20.9. The highest BCUT2D eigenvalue weighted by Crippen LogP contribution is 2.27. The second-order valence-corrected chi connectivity index (χ2v) is 7.07. The van der Waals surface area contributed by atoms with Crippen molar-refractivity contribution in [2.75, 3.05) is 5.32 Å². The van der Waals surface area contributed by atoms with Crippen LogP contribution in [0.4, 0.5) is 10.1 Å². The lowest BCUT2D eigenvalue weighted by molar-refractivity contribution is -0.122. The van der Waals surface area contributed by atoms with Crippen molar-refractivity contribution in [1.29, 1.82) is 0 Å². The molecule has 0 radical (unpaired) electrons. The Labute approximate surface area is 173 Å². The standard InChI is InChI=1S/C23H21FN4O2/c1-14-12-20(30-16(3)23(29)25-18-9-7-8-17(24)13-18)26-22-21(14)15(2)27-28(22)19-10-5-4-6-11-19/h4-13,16H,1-3H3,(H,25,29)/t16-/m0/s1. The lowest BCUT2D eigenvalue weighted by Crippen LogP contribution is -2.30. The normalized spacial score (nSPS) is 12.0. The third-order valence-electron chi connectivity index (χ3n) is 4.75. The molecule has 6 nitrogen and oxygen atoms in total. The van der Waals surface area contributed by atoms with E-state index in [2.05, 4.69) is 15.4 Å². The van der Waals surface area contributed by atoms with E-state index in [1.165, 1.54) is 18.2 Å².